The van der Waals surface area contributed by atoms with Crippen LogP contribution in [0.25, 0.3) is 0 Å². The number of nitrogens with zero attached hydrogens (tertiary/aromatic N) is 1. The van der Waals surface area contributed by atoms with E-state index in [1.165, 1.54) is 0 Å². The lowest BCUT2D eigenvalue weighted by Gasteiger charge is -2.05. The Kier molecular flexibility index (Phi) is 6.27. The first-order chi connectivity index (χ1) is 7.33. The molecular formula is C10H15ClN2O2. The van der Waals surface area contributed by atoms with Crippen molar-refractivity contribution < 1.29 is 9.84 Å². The van der Waals surface area contributed by atoms with Crippen LogP contribution in [0.5, 0.6) is 0 Å². The Morgan fingerprint density at radius 2 is 2.27 bits per heavy atom. The molecule has 0 saturated heterocycles. The van der Waals surface area contributed by atoms with Gasteiger partial charge in [-0.15, -0.1) is 0 Å². The second kappa shape index (κ2) is 7.59. The summed E-state index contributed by atoms with van der Waals surface area (Å²) >= 11 is 5.66. The van der Waals surface area contributed by atoms with Gasteiger partial charge in [-0.25, -0.2) is 4.98 Å². The topological polar surface area (TPSA) is 54.4 Å². The lowest BCUT2D eigenvalue weighted by Crippen LogP contribution is -2.20. The molecule has 1 heterocycles. The molecule has 0 radical (unpaired) electrons. The third kappa shape index (κ3) is 5.69. The Balaban J connectivity index is 2.07. The molecule has 0 unspecified atom stereocenters. The van der Waals surface area contributed by atoms with Crippen molar-refractivity contribution in [2.75, 3.05) is 26.4 Å². The molecule has 0 amide bonds. The molecular weight excluding hydrogens is 216 g/mol. The Labute approximate surface area is 94.2 Å². The van der Waals surface area contributed by atoms with E-state index in [0.717, 1.165) is 18.7 Å². The molecule has 1 aromatic heterocycles. The van der Waals surface area contributed by atoms with Gasteiger partial charge in [0.1, 0.15) is 5.15 Å². The highest BCUT2D eigenvalue weighted by Crippen LogP contribution is 2.04. The highest BCUT2D eigenvalue weighted by Gasteiger charge is 1.93. The van der Waals surface area contributed by atoms with Crippen LogP contribution in [0, 0.1) is 0 Å². The van der Waals surface area contributed by atoms with Gasteiger partial charge in [-0.2, -0.15) is 0 Å². The van der Waals surface area contributed by atoms with Gasteiger partial charge in [0.15, 0.2) is 0 Å². The normalized spacial score (nSPS) is 10.5. The van der Waals surface area contributed by atoms with Gasteiger partial charge >= 0.3 is 0 Å². The number of aliphatic hydroxyl groups excluding tert-OH is 1. The van der Waals surface area contributed by atoms with Crippen LogP contribution in [0.2, 0.25) is 5.15 Å². The average Bonchev–Trinajstić information content (AvgIpc) is 2.26. The summed E-state index contributed by atoms with van der Waals surface area (Å²) in [6, 6.07) is 3.69. The zero-order chi connectivity index (χ0) is 10.9. The van der Waals surface area contributed by atoms with E-state index < -0.39 is 0 Å². The predicted molar refractivity (Wildman–Crippen MR) is 58.9 cm³/mol. The predicted octanol–water partition coefficient (Wildman–Crippen LogP) is 0.833. The molecule has 0 aliphatic heterocycles. The Morgan fingerprint density at radius 1 is 1.40 bits per heavy atom. The van der Waals surface area contributed by atoms with E-state index in [1.54, 1.807) is 12.3 Å². The molecule has 1 aromatic rings. The van der Waals surface area contributed by atoms with Crippen molar-refractivity contribution in [1.29, 1.82) is 0 Å². The van der Waals surface area contributed by atoms with Crippen molar-refractivity contribution >= 4 is 11.6 Å². The van der Waals surface area contributed by atoms with Gasteiger partial charge in [0, 0.05) is 19.3 Å². The summed E-state index contributed by atoms with van der Waals surface area (Å²) < 4.78 is 5.09. The fourth-order valence-electron chi connectivity index (χ4n) is 1.05. The first kappa shape index (κ1) is 12.4. The van der Waals surface area contributed by atoms with Crippen LogP contribution in [0.1, 0.15) is 5.56 Å². The summed E-state index contributed by atoms with van der Waals surface area (Å²) in [4.78, 5) is 3.97. The van der Waals surface area contributed by atoms with Crippen molar-refractivity contribution in [3.63, 3.8) is 0 Å². The van der Waals surface area contributed by atoms with E-state index in [-0.39, 0.29) is 6.61 Å². The minimum absolute atomic E-state index is 0.0705. The average molecular weight is 231 g/mol. The van der Waals surface area contributed by atoms with Gasteiger partial charge in [0.25, 0.3) is 0 Å². The minimum atomic E-state index is 0.0705. The summed E-state index contributed by atoms with van der Waals surface area (Å²) in [6.45, 7) is 2.56. The van der Waals surface area contributed by atoms with Crippen LogP contribution in [0.15, 0.2) is 18.3 Å². The number of rotatable bonds is 7. The third-order valence-electron chi connectivity index (χ3n) is 1.78. The highest BCUT2D eigenvalue weighted by molar-refractivity contribution is 6.29. The van der Waals surface area contributed by atoms with E-state index >= 15 is 0 Å². The molecule has 4 nitrogen and oxygen atoms in total. The number of halogens is 1. The molecule has 84 valence electrons. The van der Waals surface area contributed by atoms with Gasteiger partial charge < -0.3 is 15.2 Å². The first-order valence-electron chi connectivity index (χ1n) is 4.82. The molecule has 0 spiro atoms. The summed E-state index contributed by atoms with van der Waals surface area (Å²) in [5.41, 5.74) is 1.08. The van der Waals surface area contributed by atoms with Crippen LogP contribution in [0.4, 0.5) is 0 Å². The van der Waals surface area contributed by atoms with Crippen molar-refractivity contribution in [2.45, 2.75) is 6.54 Å². The molecule has 0 saturated carbocycles. The lowest BCUT2D eigenvalue weighted by molar-refractivity contribution is 0.0938. The standard InChI is InChI=1S/C10H15ClN2O2/c11-10-2-1-9(8-13-10)7-12-3-5-15-6-4-14/h1-2,8,12,14H,3-7H2. The van der Waals surface area contributed by atoms with Crippen LogP contribution in [0.3, 0.4) is 0 Å². The number of aliphatic hydroxyl groups is 1. The molecule has 5 heteroatoms. The fourth-order valence-corrected chi connectivity index (χ4v) is 1.17. The van der Waals surface area contributed by atoms with E-state index in [4.69, 9.17) is 21.4 Å². The van der Waals surface area contributed by atoms with E-state index in [0.29, 0.717) is 18.4 Å². The fraction of sp³-hybridized carbons (Fsp3) is 0.500. The van der Waals surface area contributed by atoms with Gasteiger partial charge in [-0.05, 0) is 11.6 Å². The molecule has 15 heavy (non-hydrogen) atoms. The van der Waals surface area contributed by atoms with Crippen LogP contribution in [-0.4, -0.2) is 36.5 Å². The molecule has 2 N–H and O–H groups in total. The Bertz CT molecular complexity index is 267. The Hall–Kier alpha value is -0.680. The summed E-state index contributed by atoms with van der Waals surface area (Å²) in [5, 5.41) is 12.2. The third-order valence-corrected chi connectivity index (χ3v) is 2.00. The monoisotopic (exact) mass is 230 g/mol. The van der Waals surface area contributed by atoms with Crippen molar-refractivity contribution in [1.82, 2.24) is 10.3 Å². The molecule has 1 rings (SSSR count). The van der Waals surface area contributed by atoms with Crippen molar-refractivity contribution in [3.8, 4) is 0 Å². The van der Waals surface area contributed by atoms with E-state index in [2.05, 4.69) is 10.3 Å². The smallest absolute Gasteiger partial charge is 0.129 e. The second-order valence-electron chi connectivity index (χ2n) is 3.00. The minimum Gasteiger partial charge on any atom is -0.394 e. The maximum absolute atomic E-state index is 8.46. The summed E-state index contributed by atoms with van der Waals surface area (Å²) in [6.07, 6.45) is 1.74. The molecule has 0 fully saturated rings. The highest BCUT2D eigenvalue weighted by atomic mass is 35.5. The Morgan fingerprint density at radius 3 is 2.93 bits per heavy atom. The molecule has 0 atom stereocenters. The molecule has 0 aliphatic carbocycles. The van der Waals surface area contributed by atoms with Gasteiger partial charge in [-0.1, -0.05) is 17.7 Å². The molecule has 0 aromatic carbocycles. The van der Waals surface area contributed by atoms with Crippen molar-refractivity contribution in [3.05, 3.63) is 29.0 Å². The van der Waals surface area contributed by atoms with Crippen LogP contribution in [-0.2, 0) is 11.3 Å². The van der Waals surface area contributed by atoms with Gasteiger partial charge in [-0.3, -0.25) is 0 Å². The lowest BCUT2D eigenvalue weighted by atomic mass is 10.3. The number of hydrogen-bond donors (Lipinski definition) is 2. The van der Waals surface area contributed by atoms with Gasteiger partial charge in [0.2, 0.25) is 0 Å². The number of ether oxygens (including phenoxy) is 1. The summed E-state index contributed by atoms with van der Waals surface area (Å²) in [5.74, 6) is 0. The molecule has 0 aliphatic rings. The van der Waals surface area contributed by atoms with Crippen molar-refractivity contribution in [2.24, 2.45) is 0 Å². The zero-order valence-corrected chi connectivity index (χ0v) is 9.20. The van der Waals surface area contributed by atoms with E-state index in [1.807, 2.05) is 6.07 Å². The zero-order valence-electron chi connectivity index (χ0n) is 8.45. The second-order valence-corrected chi connectivity index (χ2v) is 3.39. The van der Waals surface area contributed by atoms with Crippen LogP contribution >= 0.6 is 11.6 Å². The van der Waals surface area contributed by atoms with Gasteiger partial charge in [0.05, 0.1) is 19.8 Å². The number of hydrogen-bond acceptors (Lipinski definition) is 4. The quantitative estimate of drug-likeness (QED) is 0.538. The summed E-state index contributed by atoms with van der Waals surface area (Å²) in [7, 11) is 0. The van der Waals surface area contributed by atoms with E-state index in [9.17, 15) is 0 Å². The maximum Gasteiger partial charge on any atom is 0.129 e. The van der Waals surface area contributed by atoms with Crippen LogP contribution < -0.4 is 5.32 Å². The number of pyridine rings is 1. The first-order valence-corrected chi connectivity index (χ1v) is 5.20. The number of nitrogens with one attached hydrogen (secondary N) is 1. The SMILES string of the molecule is OCCOCCNCc1ccc(Cl)nc1. The maximum atomic E-state index is 8.46. The molecule has 0 bridgehead atoms. The largest absolute Gasteiger partial charge is 0.394 e. The number of aromatic nitrogens is 1.